The van der Waals surface area contributed by atoms with Crippen LogP contribution in [0.25, 0.3) is 16.7 Å². The van der Waals surface area contributed by atoms with Gasteiger partial charge in [0.1, 0.15) is 6.04 Å². The second kappa shape index (κ2) is 11.1. The van der Waals surface area contributed by atoms with E-state index in [1.807, 2.05) is 22.8 Å². The van der Waals surface area contributed by atoms with Crippen molar-refractivity contribution in [1.29, 1.82) is 0 Å². The zero-order valence-electron chi connectivity index (χ0n) is 22.7. The normalized spacial score (nSPS) is 15.2. The second-order valence-electron chi connectivity index (χ2n) is 10.8. The van der Waals surface area contributed by atoms with E-state index >= 15 is 0 Å². The van der Waals surface area contributed by atoms with Crippen LogP contribution < -0.4 is 9.21 Å². The molecule has 1 fully saturated rings. The van der Waals surface area contributed by atoms with Gasteiger partial charge in [-0.25, -0.2) is 13.2 Å². The van der Waals surface area contributed by atoms with Crippen molar-refractivity contribution < 1.29 is 23.1 Å². The Morgan fingerprint density at radius 3 is 2.20 bits per heavy atom. The number of carboxylic acids is 1. The summed E-state index contributed by atoms with van der Waals surface area (Å²) in [6.07, 6.45) is 1.81. The summed E-state index contributed by atoms with van der Waals surface area (Å²) in [6.45, 7) is 7.80. The second-order valence-corrected chi connectivity index (χ2v) is 13.5. The third kappa shape index (κ3) is 5.85. The Morgan fingerprint density at radius 1 is 0.976 bits per heavy atom. The number of hydrogen-bond donors (Lipinski definition) is 1. The summed E-state index contributed by atoms with van der Waals surface area (Å²) in [4.78, 5) is 14.5. The van der Waals surface area contributed by atoms with Gasteiger partial charge in [-0.2, -0.15) is 0 Å². The molecule has 1 aliphatic rings. The molecule has 216 valence electrons. The Morgan fingerprint density at radius 2 is 1.61 bits per heavy atom. The van der Waals surface area contributed by atoms with Gasteiger partial charge in [-0.1, -0.05) is 44.0 Å². The van der Waals surface area contributed by atoms with Crippen molar-refractivity contribution in [3.63, 3.8) is 0 Å². The van der Waals surface area contributed by atoms with Gasteiger partial charge in [0.25, 0.3) is 10.0 Å². The van der Waals surface area contributed by atoms with Gasteiger partial charge in [0, 0.05) is 34.7 Å². The average molecular weight is 619 g/mol. The van der Waals surface area contributed by atoms with Crippen LogP contribution in [-0.2, 0) is 19.6 Å². The van der Waals surface area contributed by atoms with Crippen LogP contribution in [0, 0.1) is 5.41 Å². The molecule has 1 aliphatic heterocycles. The minimum absolute atomic E-state index is 0.118. The number of carboxylic acid groups (broad SMARTS) is 1. The quantitative estimate of drug-likeness (QED) is 0.298. The van der Waals surface area contributed by atoms with E-state index in [9.17, 15) is 18.3 Å². The molecule has 13 heteroatoms. The maximum absolute atomic E-state index is 14.1. The van der Waals surface area contributed by atoms with Crippen LogP contribution in [-0.4, -0.2) is 66.6 Å². The van der Waals surface area contributed by atoms with Crippen molar-refractivity contribution in [3.8, 4) is 5.82 Å². The Balaban J connectivity index is 1.58. The number of ether oxygens (including phenoxy) is 1. The van der Waals surface area contributed by atoms with E-state index in [0.717, 1.165) is 28.7 Å². The lowest BCUT2D eigenvalue weighted by Gasteiger charge is -2.37. The maximum atomic E-state index is 14.1. The molecule has 10 nitrogen and oxygen atoms in total. The SMILES string of the molecule is CC(C)(C)C(C(=O)O)N(c1ccc2c(ccn2-c2ccc(N3CCOCC3)nn2)c1)S(=O)(=O)c1cc(Cl)cc(Cl)c1. The smallest absolute Gasteiger partial charge is 0.328 e. The molecule has 1 N–H and O–H groups in total. The Kier molecular flexibility index (Phi) is 7.90. The lowest BCUT2D eigenvalue weighted by Crippen LogP contribution is -2.52. The van der Waals surface area contributed by atoms with E-state index in [1.165, 1.54) is 18.2 Å². The molecule has 2 aromatic carbocycles. The summed E-state index contributed by atoms with van der Waals surface area (Å²) in [5.74, 6) is 0.0584. The fourth-order valence-electron chi connectivity index (χ4n) is 4.91. The first-order chi connectivity index (χ1) is 19.4. The molecule has 0 radical (unpaired) electrons. The van der Waals surface area contributed by atoms with Gasteiger partial charge in [-0.15, -0.1) is 10.2 Å². The van der Waals surface area contributed by atoms with Gasteiger partial charge in [0.05, 0.1) is 29.3 Å². The van der Waals surface area contributed by atoms with E-state index in [1.54, 1.807) is 45.2 Å². The van der Waals surface area contributed by atoms with Gasteiger partial charge in [0.15, 0.2) is 11.6 Å². The van der Waals surface area contributed by atoms with Crippen molar-refractivity contribution in [2.45, 2.75) is 31.7 Å². The molecule has 1 saturated heterocycles. The standard InChI is InChI=1S/C28H29Cl2N5O5S/c1-28(2,3)26(27(36)37)35(41(38,39)22-16-19(29)15-20(30)17-22)21-4-5-23-18(14-21)8-9-34(23)25-7-6-24(31-32-25)33-10-12-40-13-11-33/h4-9,14-17,26H,10-13H2,1-3H3,(H,36,37). The van der Waals surface area contributed by atoms with Crippen LogP contribution in [0.2, 0.25) is 10.0 Å². The highest BCUT2D eigenvalue weighted by atomic mass is 35.5. The summed E-state index contributed by atoms with van der Waals surface area (Å²) >= 11 is 12.3. The van der Waals surface area contributed by atoms with Crippen molar-refractivity contribution in [2.24, 2.45) is 5.41 Å². The monoisotopic (exact) mass is 617 g/mol. The molecule has 3 heterocycles. The van der Waals surface area contributed by atoms with Crippen molar-refractivity contribution >= 4 is 61.6 Å². The average Bonchev–Trinajstić information content (AvgIpc) is 3.34. The predicted molar refractivity (Wildman–Crippen MR) is 159 cm³/mol. The number of nitrogens with zero attached hydrogens (tertiary/aromatic N) is 5. The van der Waals surface area contributed by atoms with Crippen LogP contribution in [0.5, 0.6) is 0 Å². The summed E-state index contributed by atoms with van der Waals surface area (Å²) < 4.78 is 36.3. The van der Waals surface area contributed by atoms with Crippen LogP contribution in [0.3, 0.4) is 0 Å². The van der Waals surface area contributed by atoms with Gasteiger partial charge in [0.2, 0.25) is 0 Å². The van der Waals surface area contributed by atoms with Crippen LogP contribution in [0.4, 0.5) is 11.5 Å². The molecule has 0 saturated carbocycles. The molecule has 5 rings (SSSR count). The first kappa shape index (κ1) is 29.1. The zero-order valence-corrected chi connectivity index (χ0v) is 25.0. The first-order valence-electron chi connectivity index (χ1n) is 12.9. The van der Waals surface area contributed by atoms with E-state index in [2.05, 4.69) is 15.1 Å². The largest absolute Gasteiger partial charge is 0.480 e. The molecular weight excluding hydrogens is 589 g/mol. The molecular formula is C28H29Cl2N5O5S. The minimum Gasteiger partial charge on any atom is -0.480 e. The van der Waals surface area contributed by atoms with Crippen molar-refractivity contribution in [1.82, 2.24) is 14.8 Å². The molecule has 0 spiro atoms. The maximum Gasteiger partial charge on any atom is 0.328 e. The number of morpholine rings is 1. The van der Waals surface area contributed by atoms with E-state index in [0.29, 0.717) is 24.4 Å². The Labute approximate surface area is 248 Å². The third-order valence-electron chi connectivity index (χ3n) is 6.83. The van der Waals surface area contributed by atoms with E-state index in [-0.39, 0.29) is 20.6 Å². The van der Waals surface area contributed by atoms with Crippen molar-refractivity contribution in [3.05, 3.63) is 70.8 Å². The third-order valence-corrected chi connectivity index (χ3v) is 9.04. The number of benzene rings is 2. The number of sulfonamides is 1. The Bertz CT molecular complexity index is 1680. The highest BCUT2D eigenvalue weighted by Gasteiger charge is 2.43. The van der Waals surface area contributed by atoms with Gasteiger partial charge < -0.3 is 14.7 Å². The fraction of sp³-hybridized carbons (Fsp3) is 0.321. The summed E-state index contributed by atoms with van der Waals surface area (Å²) in [5, 5.41) is 20.0. The summed E-state index contributed by atoms with van der Waals surface area (Å²) in [5.41, 5.74) is -0.0460. The van der Waals surface area contributed by atoms with Crippen molar-refractivity contribution in [2.75, 3.05) is 35.5 Å². The number of aromatic nitrogens is 3. The molecule has 1 atom stereocenters. The zero-order chi connectivity index (χ0) is 29.5. The fourth-order valence-corrected chi connectivity index (χ4v) is 7.42. The molecule has 0 amide bonds. The lowest BCUT2D eigenvalue weighted by atomic mass is 9.86. The van der Waals surface area contributed by atoms with Gasteiger partial charge in [-0.05, 0) is 60.0 Å². The van der Waals surface area contributed by atoms with E-state index in [4.69, 9.17) is 27.9 Å². The molecule has 41 heavy (non-hydrogen) atoms. The number of rotatable bonds is 7. The van der Waals surface area contributed by atoms with Gasteiger partial charge in [-0.3, -0.25) is 8.87 Å². The molecule has 1 unspecified atom stereocenters. The first-order valence-corrected chi connectivity index (χ1v) is 15.1. The number of hydrogen-bond acceptors (Lipinski definition) is 7. The van der Waals surface area contributed by atoms with E-state index < -0.39 is 27.4 Å². The predicted octanol–water partition coefficient (Wildman–Crippen LogP) is 5.26. The molecule has 4 aromatic rings. The highest BCUT2D eigenvalue weighted by Crippen LogP contribution is 2.37. The minimum atomic E-state index is -4.42. The van der Waals surface area contributed by atoms with Crippen LogP contribution in [0.15, 0.2) is 65.7 Å². The number of halogens is 2. The summed E-state index contributed by atoms with van der Waals surface area (Å²) in [6, 6.07) is 13.0. The van der Waals surface area contributed by atoms with Crippen LogP contribution in [0.1, 0.15) is 20.8 Å². The molecule has 0 bridgehead atoms. The number of carbonyl (C=O) groups is 1. The summed E-state index contributed by atoms with van der Waals surface area (Å²) in [7, 11) is -4.42. The number of fused-ring (bicyclic) bond motifs is 1. The number of anilines is 2. The Hall–Kier alpha value is -3.38. The lowest BCUT2D eigenvalue weighted by molar-refractivity contribution is -0.140. The van der Waals surface area contributed by atoms with Crippen LogP contribution >= 0.6 is 23.2 Å². The van der Waals surface area contributed by atoms with Gasteiger partial charge >= 0.3 is 5.97 Å². The molecule has 0 aliphatic carbocycles. The topological polar surface area (TPSA) is 118 Å². The number of aliphatic carboxylic acids is 1. The highest BCUT2D eigenvalue weighted by molar-refractivity contribution is 7.93. The molecule has 2 aromatic heterocycles.